The average Bonchev–Trinajstić information content (AvgIpc) is 3.05. The van der Waals surface area contributed by atoms with Crippen LogP contribution in [0.25, 0.3) is 28.4 Å². The van der Waals surface area contributed by atoms with Gasteiger partial charge >= 0.3 is 0 Å². The van der Waals surface area contributed by atoms with Crippen molar-refractivity contribution in [2.45, 2.75) is 38.5 Å². The van der Waals surface area contributed by atoms with Crippen LogP contribution in [0.4, 0.5) is 4.39 Å². The third-order valence-corrected chi connectivity index (χ3v) is 5.32. The first-order valence-electron chi connectivity index (χ1n) is 9.18. The third-order valence-electron chi connectivity index (χ3n) is 5.32. The van der Waals surface area contributed by atoms with Crippen LogP contribution in [0.2, 0.25) is 0 Å². The number of benzene rings is 2. The van der Waals surface area contributed by atoms with Gasteiger partial charge in [0.2, 0.25) is 0 Å². The summed E-state index contributed by atoms with van der Waals surface area (Å²) in [6, 6.07) is 13.4. The summed E-state index contributed by atoms with van der Waals surface area (Å²) in [5, 5.41) is 1.05. The molecule has 0 atom stereocenters. The predicted octanol–water partition coefficient (Wildman–Crippen LogP) is 7.00. The van der Waals surface area contributed by atoms with E-state index in [1.54, 1.807) is 12.1 Å². The molecule has 1 aromatic heterocycles. The van der Waals surface area contributed by atoms with Crippen molar-refractivity contribution >= 4 is 17.0 Å². The first-order chi connectivity index (χ1) is 12.2. The fourth-order valence-corrected chi connectivity index (χ4v) is 3.94. The van der Waals surface area contributed by atoms with Gasteiger partial charge in [-0.3, -0.25) is 0 Å². The molecule has 1 aliphatic rings. The minimum atomic E-state index is -0.279. The molecule has 1 nitrogen and oxygen atoms in total. The first-order valence-corrected chi connectivity index (χ1v) is 9.18. The molecule has 0 radical (unpaired) electrons. The number of hydrogen-bond donors (Lipinski definition) is 0. The lowest BCUT2D eigenvalue weighted by atomic mass is 9.85. The lowest BCUT2D eigenvalue weighted by Crippen LogP contribution is -2.08. The lowest BCUT2D eigenvalue weighted by Gasteiger charge is -2.21. The van der Waals surface area contributed by atoms with Gasteiger partial charge in [-0.15, -0.1) is 0 Å². The summed E-state index contributed by atoms with van der Waals surface area (Å²) in [6.07, 6.45) is 9.58. The normalized spacial score (nSPS) is 15.6. The number of halogens is 1. The lowest BCUT2D eigenvalue weighted by molar-refractivity contribution is 0.357. The summed E-state index contributed by atoms with van der Waals surface area (Å²) in [5.41, 5.74) is 3.44. The highest BCUT2D eigenvalue weighted by Crippen LogP contribution is 2.32. The summed E-state index contributed by atoms with van der Waals surface area (Å²) in [5.74, 6) is 1.11. The van der Waals surface area contributed by atoms with E-state index >= 15 is 0 Å². The van der Waals surface area contributed by atoms with Gasteiger partial charge in [0, 0.05) is 5.39 Å². The monoisotopic (exact) mass is 334 g/mol. The van der Waals surface area contributed by atoms with Crippen molar-refractivity contribution in [3.05, 3.63) is 66.0 Å². The molecule has 1 heterocycles. The summed E-state index contributed by atoms with van der Waals surface area (Å²) < 4.78 is 20.2. The Morgan fingerprint density at radius 2 is 1.88 bits per heavy atom. The topological polar surface area (TPSA) is 13.1 Å². The van der Waals surface area contributed by atoms with Crippen LogP contribution >= 0.6 is 0 Å². The van der Waals surface area contributed by atoms with Crippen LogP contribution in [0.3, 0.4) is 0 Å². The zero-order valence-electron chi connectivity index (χ0n) is 14.4. The Morgan fingerprint density at radius 1 is 1.04 bits per heavy atom. The van der Waals surface area contributed by atoms with Crippen LogP contribution in [0, 0.1) is 11.7 Å². The minimum absolute atomic E-state index is 0.279. The van der Waals surface area contributed by atoms with Crippen LogP contribution in [0.5, 0.6) is 0 Å². The standard InChI is InChI=1S/C23H23FO/c1-2-16-8-10-20(21(24)14-16)23-15-19-13-18(9-11-22(19)25-23)12-17-6-4-3-5-7-17/h2,8-11,13-15,17H,1,3-7,12H2. The first kappa shape index (κ1) is 16.1. The van der Waals surface area contributed by atoms with Gasteiger partial charge in [0.1, 0.15) is 17.2 Å². The van der Waals surface area contributed by atoms with E-state index in [-0.39, 0.29) is 5.82 Å². The van der Waals surface area contributed by atoms with Crippen LogP contribution in [0.1, 0.15) is 43.2 Å². The second kappa shape index (κ2) is 6.87. The smallest absolute Gasteiger partial charge is 0.138 e. The Bertz CT molecular complexity index is 900. The van der Waals surface area contributed by atoms with Crippen LogP contribution < -0.4 is 0 Å². The molecule has 0 amide bonds. The fourth-order valence-electron chi connectivity index (χ4n) is 3.94. The molecule has 0 unspecified atom stereocenters. The Labute approximate surface area is 148 Å². The molecule has 0 bridgehead atoms. The Morgan fingerprint density at radius 3 is 2.64 bits per heavy atom. The maximum Gasteiger partial charge on any atom is 0.138 e. The average molecular weight is 334 g/mol. The molecule has 0 spiro atoms. The van der Waals surface area contributed by atoms with Crippen molar-refractivity contribution in [3.8, 4) is 11.3 Å². The van der Waals surface area contributed by atoms with Crippen molar-refractivity contribution < 1.29 is 8.81 Å². The summed E-state index contributed by atoms with van der Waals surface area (Å²) in [7, 11) is 0. The summed E-state index contributed by atoms with van der Waals surface area (Å²) in [6.45, 7) is 3.68. The highest BCUT2D eigenvalue weighted by atomic mass is 19.1. The predicted molar refractivity (Wildman–Crippen MR) is 102 cm³/mol. The molecule has 0 saturated heterocycles. The highest BCUT2D eigenvalue weighted by Gasteiger charge is 2.15. The molecule has 1 aliphatic carbocycles. The molecule has 2 aromatic carbocycles. The second-order valence-corrected chi connectivity index (χ2v) is 7.13. The molecule has 1 fully saturated rings. The fraction of sp³-hybridized carbons (Fsp3) is 0.304. The Balaban J connectivity index is 1.62. The van der Waals surface area contributed by atoms with Gasteiger partial charge in [0.05, 0.1) is 5.56 Å². The van der Waals surface area contributed by atoms with Gasteiger partial charge in [-0.1, -0.05) is 56.9 Å². The van der Waals surface area contributed by atoms with Gasteiger partial charge < -0.3 is 4.42 Å². The van der Waals surface area contributed by atoms with Gasteiger partial charge in [-0.25, -0.2) is 4.39 Å². The number of fused-ring (bicyclic) bond motifs is 1. The SMILES string of the molecule is C=Cc1ccc(-c2cc3cc(CC4CCCCC4)ccc3o2)c(F)c1. The minimum Gasteiger partial charge on any atom is -0.456 e. The van der Waals surface area contributed by atoms with E-state index in [1.165, 1.54) is 43.7 Å². The molecular weight excluding hydrogens is 311 g/mol. The van der Waals surface area contributed by atoms with E-state index in [0.29, 0.717) is 11.3 Å². The highest BCUT2D eigenvalue weighted by molar-refractivity contribution is 5.83. The Kier molecular flexibility index (Phi) is 4.44. The molecule has 3 aromatic rings. The third kappa shape index (κ3) is 3.39. The molecule has 0 aliphatic heterocycles. The zero-order valence-corrected chi connectivity index (χ0v) is 14.4. The maximum absolute atomic E-state index is 14.3. The molecule has 0 N–H and O–H groups in total. The van der Waals surface area contributed by atoms with Crippen LogP contribution in [0.15, 0.2) is 53.5 Å². The van der Waals surface area contributed by atoms with E-state index in [1.807, 2.05) is 18.2 Å². The summed E-state index contributed by atoms with van der Waals surface area (Å²) >= 11 is 0. The van der Waals surface area contributed by atoms with E-state index in [2.05, 4.69) is 18.7 Å². The second-order valence-electron chi connectivity index (χ2n) is 7.13. The number of rotatable bonds is 4. The maximum atomic E-state index is 14.3. The van der Waals surface area contributed by atoms with Crippen molar-refractivity contribution in [2.24, 2.45) is 5.92 Å². The van der Waals surface area contributed by atoms with E-state index in [9.17, 15) is 4.39 Å². The molecule has 4 rings (SSSR count). The van der Waals surface area contributed by atoms with Gasteiger partial charge in [0.25, 0.3) is 0 Å². The number of furan rings is 1. The molecule has 128 valence electrons. The van der Waals surface area contributed by atoms with Crippen molar-refractivity contribution in [1.29, 1.82) is 0 Å². The Hall–Kier alpha value is -2.35. The quantitative estimate of drug-likeness (QED) is 0.500. The number of hydrogen-bond acceptors (Lipinski definition) is 1. The largest absolute Gasteiger partial charge is 0.456 e. The van der Waals surface area contributed by atoms with Gasteiger partial charge in [-0.2, -0.15) is 0 Å². The molecule has 1 saturated carbocycles. The van der Waals surface area contributed by atoms with Crippen molar-refractivity contribution in [3.63, 3.8) is 0 Å². The van der Waals surface area contributed by atoms with Crippen LogP contribution in [-0.2, 0) is 6.42 Å². The van der Waals surface area contributed by atoms with Gasteiger partial charge in [-0.05, 0) is 53.8 Å². The van der Waals surface area contributed by atoms with E-state index in [0.717, 1.165) is 28.9 Å². The zero-order chi connectivity index (χ0) is 17.2. The van der Waals surface area contributed by atoms with E-state index in [4.69, 9.17) is 4.42 Å². The van der Waals surface area contributed by atoms with Crippen molar-refractivity contribution in [1.82, 2.24) is 0 Å². The van der Waals surface area contributed by atoms with Gasteiger partial charge in [0.15, 0.2) is 0 Å². The molecular formula is C23H23FO. The molecule has 2 heteroatoms. The van der Waals surface area contributed by atoms with Crippen LogP contribution in [-0.4, -0.2) is 0 Å². The summed E-state index contributed by atoms with van der Waals surface area (Å²) in [4.78, 5) is 0. The molecule has 25 heavy (non-hydrogen) atoms. The van der Waals surface area contributed by atoms with Crippen molar-refractivity contribution in [2.75, 3.05) is 0 Å². The van der Waals surface area contributed by atoms with E-state index < -0.39 is 0 Å².